The monoisotopic (exact) mass is 433 g/mol. The van der Waals surface area contributed by atoms with Crippen molar-refractivity contribution < 1.29 is 19.1 Å². The fourth-order valence-electron chi connectivity index (χ4n) is 3.29. The number of nitrogens with one attached hydrogen (secondary N) is 2. The lowest BCUT2D eigenvalue weighted by atomic mass is 10.1. The zero-order valence-corrected chi connectivity index (χ0v) is 18.4. The highest BCUT2D eigenvalue weighted by molar-refractivity contribution is 6.10. The molecule has 0 bridgehead atoms. The van der Waals surface area contributed by atoms with Crippen molar-refractivity contribution in [3.8, 4) is 11.5 Å². The molecule has 3 aromatic rings. The van der Waals surface area contributed by atoms with Crippen LogP contribution < -0.4 is 20.1 Å². The van der Waals surface area contributed by atoms with Crippen molar-refractivity contribution >= 4 is 23.2 Å². The van der Waals surface area contributed by atoms with Crippen LogP contribution in [0.4, 0.5) is 11.4 Å². The Labute approximate surface area is 188 Å². The SMILES string of the molecule is COc1ccc(CN(C)CC(=O)Nc2ccccc2C(=O)Nc2ccccc2)cc1OC. The normalized spacial score (nSPS) is 10.5. The van der Waals surface area contributed by atoms with E-state index in [0.29, 0.717) is 35.0 Å². The summed E-state index contributed by atoms with van der Waals surface area (Å²) < 4.78 is 10.6. The summed E-state index contributed by atoms with van der Waals surface area (Å²) in [7, 11) is 5.03. The smallest absolute Gasteiger partial charge is 0.257 e. The lowest BCUT2D eigenvalue weighted by Gasteiger charge is -2.18. The van der Waals surface area contributed by atoms with Gasteiger partial charge in [-0.2, -0.15) is 0 Å². The second-order valence-corrected chi connectivity index (χ2v) is 7.28. The van der Waals surface area contributed by atoms with Crippen LogP contribution in [0.2, 0.25) is 0 Å². The van der Waals surface area contributed by atoms with Crippen molar-refractivity contribution in [3.05, 3.63) is 83.9 Å². The van der Waals surface area contributed by atoms with Crippen LogP contribution in [0.25, 0.3) is 0 Å². The van der Waals surface area contributed by atoms with Gasteiger partial charge in [-0.05, 0) is 49.0 Å². The van der Waals surface area contributed by atoms with Crippen molar-refractivity contribution in [3.63, 3.8) is 0 Å². The highest BCUT2D eigenvalue weighted by atomic mass is 16.5. The van der Waals surface area contributed by atoms with Gasteiger partial charge in [-0.15, -0.1) is 0 Å². The highest BCUT2D eigenvalue weighted by Crippen LogP contribution is 2.28. The van der Waals surface area contributed by atoms with Crippen molar-refractivity contribution in [1.82, 2.24) is 4.90 Å². The number of nitrogens with zero attached hydrogens (tertiary/aromatic N) is 1. The molecular formula is C25H27N3O4. The van der Waals surface area contributed by atoms with E-state index in [4.69, 9.17) is 9.47 Å². The Bertz CT molecular complexity index is 1070. The molecule has 2 amide bonds. The minimum Gasteiger partial charge on any atom is -0.493 e. The van der Waals surface area contributed by atoms with E-state index in [1.54, 1.807) is 38.5 Å². The highest BCUT2D eigenvalue weighted by Gasteiger charge is 2.15. The van der Waals surface area contributed by atoms with Crippen LogP contribution in [0.1, 0.15) is 15.9 Å². The number of methoxy groups -OCH3 is 2. The summed E-state index contributed by atoms with van der Waals surface area (Å²) in [6, 6.07) is 21.8. The van der Waals surface area contributed by atoms with E-state index in [2.05, 4.69) is 10.6 Å². The summed E-state index contributed by atoms with van der Waals surface area (Å²) in [4.78, 5) is 27.2. The summed E-state index contributed by atoms with van der Waals surface area (Å²) in [5, 5.41) is 5.69. The van der Waals surface area contributed by atoms with E-state index in [0.717, 1.165) is 5.56 Å². The Balaban J connectivity index is 1.62. The zero-order chi connectivity index (χ0) is 22.9. The molecule has 3 aromatic carbocycles. The maximum absolute atomic E-state index is 12.7. The maximum atomic E-state index is 12.7. The Morgan fingerprint density at radius 2 is 1.53 bits per heavy atom. The van der Waals surface area contributed by atoms with Gasteiger partial charge in [0.1, 0.15) is 0 Å². The number of carbonyl (C=O) groups excluding carboxylic acids is 2. The largest absolute Gasteiger partial charge is 0.493 e. The Kier molecular flexibility index (Phi) is 7.83. The van der Waals surface area contributed by atoms with Gasteiger partial charge >= 0.3 is 0 Å². The van der Waals surface area contributed by atoms with E-state index in [9.17, 15) is 9.59 Å². The molecule has 2 N–H and O–H groups in total. The van der Waals surface area contributed by atoms with Gasteiger partial charge < -0.3 is 20.1 Å². The number of carbonyl (C=O) groups is 2. The first kappa shape index (κ1) is 22.8. The molecule has 32 heavy (non-hydrogen) atoms. The molecule has 0 heterocycles. The third kappa shape index (κ3) is 6.09. The van der Waals surface area contributed by atoms with Gasteiger partial charge in [0.2, 0.25) is 5.91 Å². The summed E-state index contributed by atoms with van der Waals surface area (Å²) in [6.07, 6.45) is 0. The molecule has 0 saturated carbocycles. The molecule has 0 aliphatic carbocycles. The molecule has 0 spiro atoms. The lowest BCUT2D eigenvalue weighted by Crippen LogP contribution is -2.30. The van der Waals surface area contributed by atoms with Crippen molar-refractivity contribution in [1.29, 1.82) is 0 Å². The number of hydrogen-bond acceptors (Lipinski definition) is 5. The zero-order valence-electron chi connectivity index (χ0n) is 18.4. The molecule has 7 nitrogen and oxygen atoms in total. The second kappa shape index (κ2) is 11.0. The summed E-state index contributed by atoms with van der Waals surface area (Å²) >= 11 is 0. The van der Waals surface area contributed by atoms with Crippen molar-refractivity contribution in [2.45, 2.75) is 6.54 Å². The number of amides is 2. The third-order valence-corrected chi connectivity index (χ3v) is 4.79. The van der Waals surface area contributed by atoms with Gasteiger partial charge in [0.15, 0.2) is 11.5 Å². The fourth-order valence-corrected chi connectivity index (χ4v) is 3.29. The molecule has 0 atom stereocenters. The molecule has 0 aromatic heterocycles. The minimum atomic E-state index is -0.286. The number of hydrogen-bond donors (Lipinski definition) is 2. The van der Waals surface area contributed by atoms with E-state index in [-0.39, 0.29) is 18.4 Å². The number of rotatable bonds is 9. The van der Waals surface area contributed by atoms with Crippen LogP contribution in [0, 0.1) is 0 Å². The molecule has 166 valence electrons. The first-order valence-electron chi connectivity index (χ1n) is 10.1. The van der Waals surface area contributed by atoms with Crippen molar-refractivity contribution in [2.75, 3.05) is 38.4 Å². The standard InChI is InChI=1S/C25H27N3O4/c1-28(16-18-13-14-22(31-2)23(15-18)32-3)17-24(29)27-21-12-8-7-11-20(21)25(30)26-19-9-5-4-6-10-19/h4-15H,16-17H2,1-3H3,(H,26,30)(H,27,29). The predicted octanol–water partition coefficient (Wildman–Crippen LogP) is 4.03. The first-order valence-corrected chi connectivity index (χ1v) is 10.1. The van der Waals surface area contributed by atoms with E-state index < -0.39 is 0 Å². The average Bonchev–Trinajstić information content (AvgIpc) is 2.79. The number of benzene rings is 3. The molecule has 3 rings (SSSR count). The Hall–Kier alpha value is -3.84. The van der Waals surface area contributed by atoms with Crippen molar-refractivity contribution in [2.24, 2.45) is 0 Å². The minimum absolute atomic E-state index is 0.156. The summed E-state index contributed by atoms with van der Waals surface area (Å²) in [5.41, 5.74) is 2.53. The lowest BCUT2D eigenvalue weighted by molar-refractivity contribution is -0.117. The van der Waals surface area contributed by atoms with Gasteiger partial charge in [0.25, 0.3) is 5.91 Å². The van der Waals surface area contributed by atoms with Crippen LogP contribution in [-0.2, 0) is 11.3 Å². The van der Waals surface area contributed by atoms with Crippen LogP contribution in [0.15, 0.2) is 72.8 Å². The number of anilines is 2. The molecule has 0 fully saturated rings. The molecular weight excluding hydrogens is 406 g/mol. The van der Waals surface area contributed by atoms with E-state index in [1.807, 2.05) is 60.5 Å². The van der Waals surface area contributed by atoms with E-state index >= 15 is 0 Å². The molecule has 0 saturated heterocycles. The number of ether oxygens (including phenoxy) is 2. The van der Waals surface area contributed by atoms with Crippen LogP contribution in [-0.4, -0.2) is 44.5 Å². The number of likely N-dealkylation sites (N-methyl/N-ethyl adjacent to an activating group) is 1. The maximum Gasteiger partial charge on any atom is 0.257 e. The second-order valence-electron chi connectivity index (χ2n) is 7.28. The van der Waals surface area contributed by atoms with Crippen LogP contribution in [0.5, 0.6) is 11.5 Å². The van der Waals surface area contributed by atoms with Gasteiger partial charge in [-0.1, -0.05) is 36.4 Å². The fraction of sp³-hybridized carbons (Fsp3) is 0.200. The summed E-state index contributed by atoms with van der Waals surface area (Å²) in [6.45, 7) is 0.701. The summed E-state index contributed by atoms with van der Waals surface area (Å²) in [5.74, 6) is 0.793. The topological polar surface area (TPSA) is 79.9 Å². The third-order valence-electron chi connectivity index (χ3n) is 4.79. The molecule has 7 heteroatoms. The van der Waals surface area contributed by atoms with Crippen LogP contribution in [0.3, 0.4) is 0 Å². The van der Waals surface area contributed by atoms with Gasteiger partial charge in [0.05, 0.1) is 32.0 Å². The molecule has 0 unspecified atom stereocenters. The molecule has 0 radical (unpaired) electrons. The number of para-hydroxylation sites is 2. The van der Waals surface area contributed by atoms with E-state index in [1.165, 1.54) is 0 Å². The van der Waals surface area contributed by atoms with Crippen LogP contribution >= 0.6 is 0 Å². The molecule has 0 aliphatic rings. The Morgan fingerprint density at radius 3 is 2.25 bits per heavy atom. The first-order chi connectivity index (χ1) is 15.5. The molecule has 0 aliphatic heterocycles. The Morgan fingerprint density at radius 1 is 0.844 bits per heavy atom. The van der Waals surface area contributed by atoms with Gasteiger partial charge in [-0.3, -0.25) is 14.5 Å². The average molecular weight is 434 g/mol. The predicted molar refractivity (Wildman–Crippen MR) is 125 cm³/mol. The quantitative estimate of drug-likeness (QED) is 0.533. The van der Waals surface area contributed by atoms with Gasteiger partial charge in [0, 0.05) is 12.2 Å². The van der Waals surface area contributed by atoms with Gasteiger partial charge in [-0.25, -0.2) is 0 Å².